The van der Waals surface area contributed by atoms with Crippen LogP contribution in [0.1, 0.15) is 32.6 Å². The quantitative estimate of drug-likeness (QED) is 0.847. The lowest BCUT2D eigenvalue weighted by Crippen LogP contribution is -2.46. The summed E-state index contributed by atoms with van der Waals surface area (Å²) in [4.78, 5) is 4.33. The fourth-order valence-electron chi connectivity index (χ4n) is 2.54. The molecule has 19 heavy (non-hydrogen) atoms. The average molecular weight is 301 g/mol. The van der Waals surface area contributed by atoms with Gasteiger partial charge in [0.1, 0.15) is 5.03 Å². The number of rotatable bonds is 6. The highest BCUT2D eigenvalue weighted by Crippen LogP contribution is 2.41. The molecule has 0 aromatic carbocycles. The molecule has 1 aromatic heterocycles. The Hall–Kier alpha value is -0.290. The molecular weight excluding hydrogens is 280 g/mol. The van der Waals surface area contributed by atoms with Crippen LogP contribution >= 0.6 is 23.4 Å². The molecule has 0 saturated heterocycles. The van der Waals surface area contributed by atoms with E-state index in [1.165, 1.54) is 0 Å². The van der Waals surface area contributed by atoms with Crippen LogP contribution in [0.5, 0.6) is 0 Å². The number of aliphatic hydroxyl groups excluding tert-OH is 1. The molecule has 1 aliphatic carbocycles. The van der Waals surface area contributed by atoms with Crippen LogP contribution in [0.4, 0.5) is 0 Å². The molecule has 106 valence electrons. The fourth-order valence-corrected chi connectivity index (χ4v) is 4.06. The first-order chi connectivity index (χ1) is 9.19. The molecule has 1 heterocycles. The van der Waals surface area contributed by atoms with Crippen molar-refractivity contribution in [1.82, 2.24) is 10.3 Å². The SMILES string of the molecule is CCCNC1(CO)CCC(Sc2ncccc2Cl)C1. The zero-order valence-electron chi connectivity index (χ0n) is 11.2. The maximum absolute atomic E-state index is 9.67. The minimum atomic E-state index is -0.102. The van der Waals surface area contributed by atoms with Gasteiger partial charge in [-0.2, -0.15) is 0 Å². The summed E-state index contributed by atoms with van der Waals surface area (Å²) in [7, 11) is 0. The van der Waals surface area contributed by atoms with Crippen LogP contribution in [0.15, 0.2) is 23.4 Å². The van der Waals surface area contributed by atoms with Gasteiger partial charge in [-0.3, -0.25) is 0 Å². The van der Waals surface area contributed by atoms with Crippen molar-refractivity contribution >= 4 is 23.4 Å². The third kappa shape index (κ3) is 3.85. The number of pyridine rings is 1. The van der Waals surface area contributed by atoms with Crippen molar-refractivity contribution < 1.29 is 5.11 Å². The standard InChI is InChI=1S/C14H21ClN2OS/c1-2-7-17-14(10-18)6-5-11(9-14)19-13-12(15)4-3-8-16-13/h3-4,8,11,17-18H,2,5-7,9-10H2,1H3. The predicted octanol–water partition coefficient (Wildman–Crippen LogP) is 3.11. The van der Waals surface area contributed by atoms with E-state index >= 15 is 0 Å². The van der Waals surface area contributed by atoms with Crippen LogP contribution < -0.4 is 5.32 Å². The average Bonchev–Trinajstić information content (AvgIpc) is 2.83. The van der Waals surface area contributed by atoms with Gasteiger partial charge in [-0.25, -0.2) is 4.98 Å². The van der Waals surface area contributed by atoms with Crippen LogP contribution in [-0.2, 0) is 0 Å². The number of nitrogens with one attached hydrogen (secondary N) is 1. The van der Waals surface area contributed by atoms with Crippen LogP contribution in [0, 0.1) is 0 Å². The molecule has 1 saturated carbocycles. The highest BCUT2D eigenvalue weighted by Gasteiger charge is 2.38. The monoisotopic (exact) mass is 300 g/mol. The lowest BCUT2D eigenvalue weighted by molar-refractivity contribution is 0.165. The smallest absolute Gasteiger partial charge is 0.115 e. The first-order valence-electron chi connectivity index (χ1n) is 6.82. The number of halogens is 1. The van der Waals surface area contributed by atoms with E-state index in [-0.39, 0.29) is 12.1 Å². The summed E-state index contributed by atoms with van der Waals surface area (Å²) in [6.45, 7) is 3.31. The van der Waals surface area contributed by atoms with Crippen molar-refractivity contribution in [3.63, 3.8) is 0 Å². The van der Waals surface area contributed by atoms with E-state index in [0.717, 1.165) is 42.3 Å². The molecule has 1 aliphatic rings. The van der Waals surface area contributed by atoms with E-state index < -0.39 is 0 Å². The molecule has 2 rings (SSSR count). The Kier molecular flexibility index (Phi) is 5.51. The second kappa shape index (κ2) is 6.93. The number of thioether (sulfide) groups is 1. The molecular formula is C14H21ClN2OS. The Bertz CT molecular complexity index is 418. The Morgan fingerprint density at radius 3 is 3.16 bits per heavy atom. The second-order valence-electron chi connectivity index (χ2n) is 5.14. The van der Waals surface area contributed by atoms with Gasteiger partial charge in [0.25, 0.3) is 0 Å². The Labute approximate surface area is 124 Å². The van der Waals surface area contributed by atoms with Crippen molar-refractivity contribution in [1.29, 1.82) is 0 Å². The summed E-state index contributed by atoms with van der Waals surface area (Å²) in [5.74, 6) is 0. The van der Waals surface area contributed by atoms with Crippen LogP contribution in [-0.4, -0.2) is 34.0 Å². The van der Waals surface area contributed by atoms with Crippen molar-refractivity contribution in [3.05, 3.63) is 23.4 Å². The molecule has 2 N–H and O–H groups in total. The van der Waals surface area contributed by atoms with E-state index in [4.69, 9.17) is 11.6 Å². The summed E-state index contributed by atoms with van der Waals surface area (Å²) < 4.78 is 0. The molecule has 0 amide bonds. The van der Waals surface area contributed by atoms with Crippen LogP contribution in [0.2, 0.25) is 5.02 Å². The van der Waals surface area contributed by atoms with Crippen LogP contribution in [0.3, 0.4) is 0 Å². The molecule has 2 atom stereocenters. The molecule has 0 radical (unpaired) electrons. The molecule has 3 nitrogen and oxygen atoms in total. The summed E-state index contributed by atoms with van der Waals surface area (Å²) in [6.07, 6.45) is 5.95. The van der Waals surface area contributed by atoms with E-state index in [9.17, 15) is 5.11 Å². The first-order valence-corrected chi connectivity index (χ1v) is 8.08. The Morgan fingerprint density at radius 1 is 1.63 bits per heavy atom. The van der Waals surface area contributed by atoms with E-state index in [0.29, 0.717) is 5.25 Å². The minimum absolute atomic E-state index is 0.102. The third-order valence-electron chi connectivity index (χ3n) is 3.62. The van der Waals surface area contributed by atoms with Gasteiger partial charge in [0.15, 0.2) is 0 Å². The second-order valence-corrected chi connectivity index (χ2v) is 6.83. The molecule has 2 unspecified atom stereocenters. The van der Waals surface area contributed by atoms with E-state index in [1.807, 2.05) is 12.1 Å². The zero-order chi connectivity index (χ0) is 13.7. The lowest BCUT2D eigenvalue weighted by Gasteiger charge is -2.28. The number of aromatic nitrogens is 1. The largest absolute Gasteiger partial charge is 0.394 e. The Morgan fingerprint density at radius 2 is 2.47 bits per heavy atom. The van der Waals surface area contributed by atoms with Crippen molar-refractivity contribution in [3.8, 4) is 0 Å². The van der Waals surface area contributed by atoms with Gasteiger partial charge in [0.2, 0.25) is 0 Å². The fraction of sp³-hybridized carbons (Fsp3) is 0.643. The topological polar surface area (TPSA) is 45.1 Å². The number of nitrogens with zero attached hydrogens (tertiary/aromatic N) is 1. The van der Waals surface area contributed by atoms with E-state index in [1.54, 1.807) is 18.0 Å². The maximum Gasteiger partial charge on any atom is 0.115 e. The van der Waals surface area contributed by atoms with Gasteiger partial charge in [-0.1, -0.05) is 18.5 Å². The van der Waals surface area contributed by atoms with Gasteiger partial charge >= 0.3 is 0 Å². The lowest BCUT2D eigenvalue weighted by atomic mass is 9.99. The van der Waals surface area contributed by atoms with Crippen molar-refractivity contribution in [2.45, 2.75) is 48.4 Å². The molecule has 0 spiro atoms. The predicted molar refractivity (Wildman–Crippen MR) is 80.9 cm³/mol. The third-order valence-corrected chi connectivity index (χ3v) is 5.32. The highest BCUT2D eigenvalue weighted by molar-refractivity contribution is 8.00. The minimum Gasteiger partial charge on any atom is -0.394 e. The van der Waals surface area contributed by atoms with Gasteiger partial charge in [-0.15, -0.1) is 11.8 Å². The van der Waals surface area contributed by atoms with Crippen molar-refractivity contribution in [2.75, 3.05) is 13.2 Å². The van der Waals surface area contributed by atoms with Gasteiger partial charge in [-0.05, 0) is 44.4 Å². The number of aliphatic hydroxyl groups is 1. The van der Waals surface area contributed by atoms with Gasteiger partial charge < -0.3 is 10.4 Å². The van der Waals surface area contributed by atoms with Crippen molar-refractivity contribution in [2.24, 2.45) is 0 Å². The van der Waals surface area contributed by atoms with Gasteiger partial charge in [0.05, 0.1) is 11.6 Å². The van der Waals surface area contributed by atoms with E-state index in [2.05, 4.69) is 17.2 Å². The van der Waals surface area contributed by atoms with Gasteiger partial charge in [0, 0.05) is 17.0 Å². The normalized spacial score (nSPS) is 26.8. The summed E-state index contributed by atoms with van der Waals surface area (Å²) in [6, 6.07) is 3.72. The maximum atomic E-state index is 9.67. The molecule has 5 heteroatoms. The molecule has 1 fully saturated rings. The highest BCUT2D eigenvalue weighted by atomic mass is 35.5. The zero-order valence-corrected chi connectivity index (χ0v) is 12.8. The number of hydrogen-bond donors (Lipinski definition) is 2. The first kappa shape index (κ1) is 15.1. The summed E-state index contributed by atoms with van der Waals surface area (Å²) in [5.41, 5.74) is -0.102. The Balaban J connectivity index is 1.96. The van der Waals surface area contributed by atoms with Crippen LogP contribution in [0.25, 0.3) is 0 Å². The molecule has 1 aromatic rings. The summed E-state index contributed by atoms with van der Waals surface area (Å²) >= 11 is 7.88. The summed E-state index contributed by atoms with van der Waals surface area (Å²) in [5, 5.41) is 15.3. The molecule has 0 bridgehead atoms. The number of hydrogen-bond acceptors (Lipinski definition) is 4. The molecule has 0 aliphatic heterocycles.